The smallest absolute Gasteiger partial charge is 0.266 e. The molecular weight excluding hydrogens is 344 g/mol. The van der Waals surface area contributed by atoms with Crippen LogP contribution in [0.3, 0.4) is 0 Å². The Morgan fingerprint density at radius 1 is 1.30 bits per heavy atom. The van der Waals surface area contributed by atoms with E-state index in [0.29, 0.717) is 49.9 Å². The summed E-state index contributed by atoms with van der Waals surface area (Å²) in [6, 6.07) is 7.06. The van der Waals surface area contributed by atoms with Crippen LogP contribution in [0.1, 0.15) is 25.1 Å². The van der Waals surface area contributed by atoms with E-state index in [4.69, 9.17) is 5.26 Å². The van der Waals surface area contributed by atoms with E-state index in [2.05, 4.69) is 21.1 Å². The summed E-state index contributed by atoms with van der Waals surface area (Å²) < 4.78 is 1.55. The average molecular weight is 368 g/mol. The van der Waals surface area contributed by atoms with Gasteiger partial charge in [-0.2, -0.15) is 5.26 Å². The van der Waals surface area contributed by atoms with Crippen LogP contribution in [0.15, 0.2) is 29.2 Å². The lowest BCUT2D eigenvalue weighted by Crippen LogP contribution is -2.49. The predicted octanol–water partition coefficient (Wildman–Crippen LogP) is 0.990. The topological polar surface area (TPSA) is 98.0 Å². The lowest BCUT2D eigenvalue weighted by atomic mass is 10.2. The maximum Gasteiger partial charge on any atom is 0.266 e. The molecule has 2 aromatic rings. The van der Waals surface area contributed by atoms with Gasteiger partial charge < -0.3 is 9.80 Å². The van der Waals surface area contributed by atoms with E-state index in [1.165, 1.54) is 6.07 Å². The molecule has 3 rings (SSSR count). The van der Waals surface area contributed by atoms with E-state index in [9.17, 15) is 9.59 Å². The number of nitrogens with zero attached hydrogens (tertiary/aromatic N) is 5. The Kier molecular flexibility index (Phi) is 5.60. The van der Waals surface area contributed by atoms with Gasteiger partial charge in [0.15, 0.2) is 0 Å². The van der Waals surface area contributed by atoms with E-state index in [-0.39, 0.29) is 17.9 Å². The van der Waals surface area contributed by atoms with E-state index >= 15 is 0 Å². The van der Waals surface area contributed by atoms with Crippen molar-refractivity contribution in [2.45, 2.75) is 26.8 Å². The summed E-state index contributed by atoms with van der Waals surface area (Å²) in [5.41, 5.74) is 1.13. The third kappa shape index (κ3) is 4.56. The lowest BCUT2D eigenvalue weighted by Gasteiger charge is -2.35. The van der Waals surface area contributed by atoms with Crippen LogP contribution in [-0.4, -0.2) is 51.8 Å². The highest BCUT2D eigenvalue weighted by Crippen LogP contribution is 2.15. The van der Waals surface area contributed by atoms with Crippen molar-refractivity contribution in [2.75, 3.05) is 31.1 Å². The number of amides is 1. The SMILES string of the molecule is CC(C)Cn1[nH]c(CC(=O)N2CCN(c3cc(C#N)ccn3)CC2)cc1=O. The van der Waals surface area contributed by atoms with Crippen LogP contribution in [0.2, 0.25) is 0 Å². The van der Waals surface area contributed by atoms with Crippen LogP contribution in [0.5, 0.6) is 0 Å². The Hall–Kier alpha value is -3.08. The van der Waals surface area contributed by atoms with Gasteiger partial charge in [-0.1, -0.05) is 13.8 Å². The molecule has 1 aliphatic rings. The van der Waals surface area contributed by atoms with E-state index < -0.39 is 0 Å². The third-order valence-corrected chi connectivity index (χ3v) is 4.56. The Balaban J connectivity index is 1.57. The molecule has 8 heteroatoms. The number of hydrogen-bond acceptors (Lipinski definition) is 5. The molecule has 1 amide bonds. The molecule has 0 spiro atoms. The van der Waals surface area contributed by atoms with Crippen molar-refractivity contribution in [1.82, 2.24) is 19.7 Å². The van der Waals surface area contributed by atoms with Gasteiger partial charge in [-0.25, -0.2) is 4.98 Å². The number of piperazine rings is 1. The molecule has 3 heterocycles. The minimum absolute atomic E-state index is 0.00586. The van der Waals surface area contributed by atoms with Crippen LogP contribution in [0.4, 0.5) is 5.82 Å². The molecule has 1 N–H and O–H groups in total. The maximum atomic E-state index is 12.6. The molecule has 27 heavy (non-hydrogen) atoms. The minimum Gasteiger partial charge on any atom is -0.353 e. The molecule has 2 aromatic heterocycles. The van der Waals surface area contributed by atoms with Crippen LogP contribution in [0.25, 0.3) is 0 Å². The zero-order valence-electron chi connectivity index (χ0n) is 15.7. The van der Waals surface area contributed by atoms with Crippen LogP contribution in [0, 0.1) is 17.2 Å². The second-order valence-corrected chi connectivity index (χ2v) is 7.18. The highest BCUT2D eigenvalue weighted by atomic mass is 16.2. The van der Waals surface area contributed by atoms with Gasteiger partial charge in [0.05, 0.1) is 18.1 Å². The molecule has 1 saturated heterocycles. The van der Waals surface area contributed by atoms with Crippen molar-refractivity contribution in [3.05, 3.63) is 46.0 Å². The first-order valence-corrected chi connectivity index (χ1v) is 9.14. The van der Waals surface area contributed by atoms with Gasteiger partial charge in [0.1, 0.15) is 5.82 Å². The minimum atomic E-state index is -0.0974. The number of carbonyl (C=O) groups is 1. The maximum absolute atomic E-state index is 12.6. The van der Waals surface area contributed by atoms with Gasteiger partial charge in [0, 0.05) is 50.7 Å². The number of H-pyrrole nitrogens is 1. The number of aromatic amines is 1. The highest BCUT2D eigenvalue weighted by molar-refractivity contribution is 5.78. The monoisotopic (exact) mass is 368 g/mol. The fraction of sp³-hybridized carbons (Fsp3) is 0.474. The number of pyridine rings is 1. The summed E-state index contributed by atoms with van der Waals surface area (Å²) in [6.45, 7) is 7.21. The zero-order chi connectivity index (χ0) is 19.4. The molecule has 142 valence electrons. The van der Waals surface area contributed by atoms with Gasteiger partial charge in [-0.3, -0.25) is 19.4 Å². The van der Waals surface area contributed by atoms with E-state index in [0.717, 1.165) is 5.82 Å². The molecular formula is C19H24N6O2. The number of nitriles is 1. The highest BCUT2D eigenvalue weighted by Gasteiger charge is 2.22. The summed E-state index contributed by atoms with van der Waals surface area (Å²) in [5.74, 6) is 1.12. The number of hydrogen-bond donors (Lipinski definition) is 1. The Bertz CT molecular complexity index is 899. The first-order valence-electron chi connectivity index (χ1n) is 9.14. The number of carbonyl (C=O) groups excluding carboxylic acids is 1. The van der Waals surface area contributed by atoms with Crippen molar-refractivity contribution in [2.24, 2.45) is 5.92 Å². The first-order chi connectivity index (χ1) is 13.0. The molecule has 0 saturated carbocycles. The van der Waals surface area contributed by atoms with Gasteiger partial charge in [0.25, 0.3) is 5.56 Å². The molecule has 8 nitrogen and oxygen atoms in total. The second kappa shape index (κ2) is 8.08. The Morgan fingerprint density at radius 3 is 2.70 bits per heavy atom. The van der Waals surface area contributed by atoms with E-state index in [1.807, 2.05) is 18.7 Å². The largest absolute Gasteiger partial charge is 0.353 e. The fourth-order valence-corrected chi connectivity index (χ4v) is 3.20. The van der Waals surface area contributed by atoms with Crippen molar-refractivity contribution < 1.29 is 4.79 Å². The van der Waals surface area contributed by atoms with Crippen molar-refractivity contribution >= 4 is 11.7 Å². The normalized spacial score (nSPS) is 14.4. The number of rotatable bonds is 5. The van der Waals surface area contributed by atoms with Gasteiger partial charge in [-0.05, 0) is 18.1 Å². The average Bonchev–Trinajstić information content (AvgIpc) is 3.00. The van der Waals surface area contributed by atoms with Gasteiger partial charge >= 0.3 is 0 Å². The standard InChI is InChI=1S/C19H24N6O2/c1-14(2)13-25-19(27)11-16(22-25)10-18(26)24-7-5-23(6-8-24)17-9-15(12-20)3-4-21-17/h3-4,9,11,14,22H,5-8,10,13H2,1-2H3. The van der Waals surface area contributed by atoms with Gasteiger partial charge in [-0.15, -0.1) is 0 Å². The Morgan fingerprint density at radius 2 is 2.04 bits per heavy atom. The van der Waals surface area contributed by atoms with Gasteiger partial charge in [0.2, 0.25) is 5.91 Å². The molecule has 0 bridgehead atoms. The van der Waals surface area contributed by atoms with Crippen LogP contribution < -0.4 is 10.5 Å². The van der Waals surface area contributed by atoms with Crippen molar-refractivity contribution in [3.63, 3.8) is 0 Å². The lowest BCUT2D eigenvalue weighted by molar-refractivity contribution is -0.130. The zero-order valence-corrected chi connectivity index (χ0v) is 15.7. The number of nitrogens with one attached hydrogen (secondary N) is 1. The summed E-state index contributed by atoms with van der Waals surface area (Å²) in [4.78, 5) is 32.7. The molecule has 0 unspecified atom stereocenters. The molecule has 0 atom stereocenters. The quantitative estimate of drug-likeness (QED) is 0.849. The van der Waals surface area contributed by atoms with Crippen LogP contribution in [-0.2, 0) is 17.8 Å². The number of anilines is 1. The van der Waals surface area contributed by atoms with Crippen molar-refractivity contribution in [3.8, 4) is 6.07 Å². The summed E-state index contributed by atoms with van der Waals surface area (Å²) >= 11 is 0. The molecule has 1 fully saturated rings. The third-order valence-electron chi connectivity index (χ3n) is 4.56. The van der Waals surface area contributed by atoms with Crippen molar-refractivity contribution in [1.29, 1.82) is 5.26 Å². The van der Waals surface area contributed by atoms with E-state index in [1.54, 1.807) is 23.0 Å². The second-order valence-electron chi connectivity index (χ2n) is 7.18. The first kappa shape index (κ1) is 18.7. The molecule has 0 aromatic carbocycles. The summed E-state index contributed by atoms with van der Waals surface area (Å²) in [5, 5.41) is 12.0. The fourth-order valence-electron chi connectivity index (χ4n) is 3.20. The summed E-state index contributed by atoms with van der Waals surface area (Å²) in [7, 11) is 0. The summed E-state index contributed by atoms with van der Waals surface area (Å²) in [6.07, 6.45) is 1.83. The van der Waals surface area contributed by atoms with Crippen LogP contribution >= 0.6 is 0 Å². The molecule has 0 aliphatic carbocycles. The molecule has 0 radical (unpaired) electrons. The molecule has 1 aliphatic heterocycles. The predicted molar refractivity (Wildman–Crippen MR) is 101 cm³/mol. The number of aromatic nitrogens is 3. The Labute approximate surface area is 158 Å².